The second kappa shape index (κ2) is 9.11. The van der Waals surface area contributed by atoms with Crippen molar-refractivity contribution in [2.75, 3.05) is 31.9 Å². The fraction of sp³-hybridized carbons (Fsp3) is 0.381. The van der Waals surface area contributed by atoms with E-state index in [0.717, 1.165) is 5.56 Å². The zero-order chi connectivity index (χ0) is 20.1. The van der Waals surface area contributed by atoms with Crippen molar-refractivity contribution >= 4 is 27.7 Å². The van der Waals surface area contributed by atoms with Crippen LogP contribution in [-0.4, -0.2) is 55.5 Å². The molecule has 0 bridgehead atoms. The minimum atomic E-state index is -3.50. The molecule has 3 rings (SSSR count). The largest absolute Gasteiger partial charge is 0.339 e. The minimum Gasteiger partial charge on any atom is -0.339 e. The number of aryl methyl sites for hydroxylation is 1. The maximum Gasteiger partial charge on any atom is 0.243 e. The van der Waals surface area contributed by atoms with Gasteiger partial charge in [-0.05, 0) is 31.5 Å². The quantitative estimate of drug-likeness (QED) is 0.722. The Morgan fingerprint density at radius 1 is 1.00 bits per heavy atom. The van der Waals surface area contributed by atoms with E-state index in [1.807, 2.05) is 25.1 Å². The van der Waals surface area contributed by atoms with Gasteiger partial charge in [0.2, 0.25) is 15.9 Å². The van der Waals surface area contributed by atoms with Crippen LogP contribution in [-0.2, 0) is 14.8 Å². The molecule has 5 nitrogen and oxygen atoms in total. The van der Waals surface area contributed by atoms with Gasteiger partial charge in [0.05, 0.1) is 10.6 Å². The molecule has 28 heavy (non-hydrogen) atoms. The third-order valence-corrected chi connectivity index (χ3v) is 8.07. The number of amides is 1. The summed E-state index contributed by atoms with van der Waals surface area (Å²) in [5, 5.41) is 0.244. The van der Waals surface area contributed by atoms with E-state index in [1.165, 1.54) is 9.87 Å². The maximum atomic E-state index is 12.8. The van der Waals surface area contributed by atoms with E-state index < -0.39 is 10.0 Å². The molecule has 0 aliphatic carbocycles. The summed E-state index contributed by atoms with van der Waals surface area (Å²) < 4.78 is 27.0. The van der Waals surface area contributed by atoms with Crippen molar-refractivity contribution in [3.05, 3.63) is 65.7 Å². The van der Waals surface area contributed by atoms with E-state index in [9.17, 15) is 13.2 Å². The topological polar surface area (TPSA) is 57.7 Å². The van der Waals surface area contributed by atoms with Crippen LogP contribution in [0.25, 0.3) is 0 Å². The zero-order valence-corrected chi connectivity index (χ0v) is 17.9. The predicted octanol–water partition coefficient (Wildman–Crippen LogP) is 3.32. The van der Waals surface area contributed by atoms with Crippen molar-refractivity contribution in [3.8, 4) is 0 Å². The van der Waals surface area contributed by atoms with Gasteiger partial charge in [-0.25, -0.2) is 8.42 Å². The van der Waals surface area contributed by atoms with E-state index in [-0.39, 0.29) is 11.2 Å². The Bertz CT molecular complexity index is 891. The van der Waals surface area contributed by atoms with Crippen LogP contribution in [0, 0.1) is 6.92 Å². The molecule has 0 N–H and O–H groups in total. The lowest BCUT2D eigenvalue weighted by molar-refractivity contribution is -0.129. The second-order valence-corrected chi connectivity index (χ2v) is 10.2. The maximum absolute atomic E-state index is 12.8. The first-order valence-electron chi connectivity index (χ1n) is 9.39. The highest BCUT2D eigenvalue weighted by molar-refractivity contribution is 8.00. The first kappa shape index (κ1) is 20.9. The van der Waals surface area contributed by atoms with Crippen LogP contribution in [0.4, 0.5) is 0 Å². The van der Waals surface area contributed by atoms with Gasteiger partial charge in [0.25, 0.3) is 0 Å². The number of rotatable bonds is 6. The average Bonchev–Trinajstić information content (AvgIpc) is 2.73. The molecule has 2 aromatic rings. The number of benzene rings is 2. The summed E-state index contributed by atoms with van der Waals surface area (Å²) in [5.74, 6) is 0.473. The van der Waals surface area contributed by atoms with Gasteiger partial charge in [-0.1, -0.05) is 48.0 Å². The molecular weight excluding hydrogens is 392 g/mol. The summed E-state index contributed by atoms with van der Waals surface area (Å²) in [7, 11) is -3.50. The Morgan fingerprint density at radius 2 is 1.61 bits per heavy atom. The molecule has 1 aliphatic rings. The Kier molecular flexibility index (Phi) is 6.80. The van der Waals surface area contributed by atoms with Gasteiger partial charge in [-0.3, -0.25) is 4.79 Å². The van der Waals surface area contributed by atoms with E-state index in [0.29, 0.717) is 36.8 Å². The average molecular weight is 419 g/mol. The summed E-state index contributed by atoms with van der Waals surface area (Å²) >= 11 is 1.61. The summed E-state index contributed by atoms with van der Waals surface area (Å²) in [6, 6.07) is 17.0. The van der Waals surface area contributed by atoms with E-state index in [2.05, 4.69) is 19.1 Å². The van der Waals surface area contributed by atoms with Crippen molar-refractivity contribution in [2.45, 2.75) is 24.0 Å². The molecule has 2 aromatic carbocycles. The van der Waals surface area contributed by atoms with E-state index >= 15 is 0 Å². The van der Waals surface area contributed by atoms with Crippen LogP contribution in [0.15, 0.2) is 59.5 Å². The highest BCUT2D eigenvalue weighted by Gasteiger charge is 2.30. The molecular formula is C21H26N2O3S2. The summed E-state index contributed by atoms with van der Waals surface area (Å²) in [6.45, 7) is 5.56. The monoisotopic (exact) mass is 418 g/mol. The zero-order valence-electron chi connectivity index (χ0n) is 16.2. The molecule has 0 saturated carbocycles. The molecule has 0 aromatic heterocycles. The summed E-state index contributed by atoms with van der Waals surface area (Å²) in [5.41, 5.74) is 2.23. The molecule has 1 fully saturated rings. The minimum absolute atomic E-state index is 0.0696. The molecule has 1 saturated heterocycles. The van der Waals surface area contributed by atoms with Crippen molar-refractivity contribution in [3.63, 3.8) is 0 Å². The number of carbonyl (C=O) groups excluding carboxylic acids is 1. The molecule has 0 spiro atoms. The Morgan fingerprint density at radius 3 is 2.21 bits per heavy atom. The Hall–Kier alpha value is -1.83. The first-order chi connectivity index (χ1) is 13.4. The van der Waals surface area contributed by atoms with Crippen molar-refractivity contribution in [1.29, 1.82) is 0 Å². The lowest BCUT2D eigenvalue weighted by Gasteiger charge is -2.34. The van der Waals surface area contributed by atoms with Gasteiger partial charge < -0.3 is 4.90 Å². The van der Waals surface area contributed by atoms with Gasteiger partial charge in [-0.15, -0.1) is 11.8 Å². The second-order valence-electron chi connectivity index (χ2n) is 6.96. The first-order valence-corrected chi connectivity index (χ1v) is 11.9. The molecule has 1 amide bonds. The number of sulfonamides is 1. The highest BCUT2D eigenvalue weighted by atomic mass is 32.2. The molecule has 0 unspecified atom stereocenters. The third kappa shape index (κ3) is 4.96. The fourth-order valence-electron chi connectivity index (χ4n) is 3.15. The van der Waals surface area contributed by atoms with Gasteiger partial charge >= 0.3 is 0 Å². The molecule has 150 valence electrons. The normalized spacial score (nSPS) is 16.7. The number of piperazine rings is 1. The van der Waals surface area contributed by atoms with Gasteiger partial charge in [0, 0.05) is 31.4 Å². The van der Waals surface area contributed by atoms with Gasteiger partial charge in [0.1, 0.15) is 0 Å². The number of nitrogens with zero attached hydrogens (tertiary/aromatic N) is 2. The standard InChI is InChI=1S/C21H26N2O3S2/c1-17-8-10-20(11-9-17)28(25,26)23-14-12-22(13-15-23)21(24)16-27-18(2)19-6-4-3-5-7-19/h3-11,18H,12-16H2,1-2H3/t18-/m1/s1. The number of hydrogen-bond donors (Lipinski definition) is 0. The number of thioether (sulfide) groups is 1. The number of carbonyl (C=O) groups is 1. The van der Waals surface area contributed by atoms with Gasteiger partial charge in [0.15, 0.2) is 0 Å². The predicted molar refractivity (Wildman–Crippen MR) is 114 cm³/mol. The van der Waals surface area contributed by atoms with Crippen LogP contribution >= 0.6 is 11.8 Å². The molecule has 7 heteroatoms. The fourth-order valence-corrected chi connectivity index (χ4v) is 5.49. The van der Waals surface area contributed by atoms with Crippen molar-refractivity contribution < 1.29 is 13.2 Å². The van der Waals surface area contributed by atoms with Crippen LogP contribution in [0.5, 0.6) is 0 Å². The van der Waals surface area contributed by atoms with Crippen LogP contribution < -0.4 is 0 Å². The van der Waals surface area contributed by atoms with Crippen molar-refractivity contribution in [1.82, 2.24) is 9.21 Å². The van der Waals surface area contributed by atoms with Crippen LogP contribution in [0.1, 0.15) is 23.3 Å². The lowest BCUT2D eigenvalue weighted by Crippen LogP contribution is -2.51. The Balaban J connectivity index is 1.52. The van der Waals surface area contributed by atoms with E-state index in [1.54, 1.807) is 40.9 Å². The summed E-state index contributed by atoms with van der Waals surface area (Å²) in [4.78, 5) is 14.6. The molecule has 1 atom stereocenters. The molecule has 0 radical (unpaired) electrons. The molecule has 1 aliphatic heterocycles. The van der Waals surface area contributed by atoms with E-state index in [4.69, 9.17) is 0 Å². The van der Waals surface area contributed by atoms with Gasteiger partial charge in [-0.2, -0.15) is 4.31 Å². The smallest absolute Gasteiger partial charge is 0.243 e. The van der Waals surface area contributed by atoms with Crippen LogP contribution in [0.2, 0.25) is 0 Å². The third-order valence-electron chi connectivity index (χ3n) is 4.98. The van der Waals surface area contributed by atoms with Crippen molar-refractivity contribution in [2.24, 2.45) is 0 Å². The SMILES string of the molecule is Cc1ccc(S(=O)(=O)N2CCN(C(=O)CS[C@H](C)c3ccccc3)CC2)cc1. The lowest BCUT2D eigenvalue weighted by atomic mass is 10.2. The Labute approximate surface area is 171 Å². The number of hydrogen-bond acceptors (Lipinski definition) is 4. The molecule has 1 heterocycles. The summed E-state index contributed by atoms with van der Waals surface area (Å²) in [6.07, 6.45) is 0. The highest BCUT2D eigenvalue weighted by Crippen LogP contribution is 2.28. The van der Waals surface area contributed by atoms with Crippen LogP contribution in [0.3, 0.4) is 0 Å².